The first kappa shape index (κ1) is 36.8. The quantitative estimate of drug-likeness (QED) is 0.171. The third-order valence-corrected chi connectivity index (χ3v) is 11.7. The smallest absolute Gasteiger partial charge is 0.243 e. The molecule has 12 nitrogen and oxygen atoms in total. The molecule has 51 heavy (non-hydrogen) atoms. The zero-order chi connectivity index (χ0) is 36.0. The van der Waals surface area contributed by atoms with E-state index in [0.29, 0.717) is 19.6 Å². The van der Waals surface area contributed by atoms with E-state index < -0.39 is 27.8 Å². The monoisotopic (exact) mass is 719 g/mol. The molecule has 1 saturated heterocycles. The van der Waals surface area contributed by atoms with E-state index in [1.165, 1.54) is 10.6 Å². The number of rotatable bonds is 15. The van der Waals surface area contributed by atoms with Crippen molar-refractivity contribution in [2.24, 2.45) is 0 Å². The van der Waals surface area contributed by atoms with Crippen LogP contribution in [-0.4, -0.2) is 97.4 Å². The standard InChI is InChI=1S/C38H49N5O7S/c1-28-6-13-33(14-7-28)51(45,46)43-23-37(50-24-29-8-15-36-35(20-29)41(17-19-49-36)16-5-18-47-3)34(30-9-11-32(48-4)12-10-30)21-31(43)22-38(2,44)25-42-27-39-26-40-42/h6-15,20,26-27,31,34,37,44H,5,16-19,21-25H2,1-4H3/t31-,34-,37+,38?/m1/s1. The number of aliphatic hydroxyl groups is 1. The van der Waals surface area contributed by atoms with Crippen LogP contribution in [0.3, 0.4) is 0 Å². The van der Waals surface area contributed by atoms with Gasteiger partial charge in [-0.2, -0.15) is 9.40 Å². The number of benzene rings is 3. The first-order valence-electron chi connectivity index (χ1n) is 17.4. The minimum atomic E-state index is -3.97. The van der Waals surface area contributed by atoms with Crippen LogP contribution in [0.15, 0.2) is 84.3 Å². The van der Waals surface area contributed by atoms with Crippen LogP contribution in [0, 0.1) is 6.92 Å². The average molecular weight is 720 g/mol. The number of piperidine rings is 1. The fourth-order valence-electron chi connectivity index (χ4n) is 7.19. The Morgan fingerprint density at radius 2 is 1.84 bits per heavy atom. The van der Waals surface area contributed by atoms with Crippen LogP contribution in [0.2, 0.25) is 0 Å². The van der Waals surface area contributed by atoms with Gasteiger partial charge in [0.1, 0.15) is 30.8 Å². The molecule has 0 amide bonds. The van der Waals surface area contributed by atoms with Crippen LogP contribution in [-0.2, 0) is 32.6 Å². The summed E-state index contributed by atoms with van der Waals surface area (Å²) in [4.78, 5) is 6.53. The van der Waals surface area contributed by atoms with E-state index >= 15 is 0 Å². The zero-order valence-electron chi connectivity index (χ0n) is 29.8. The molecule has 1 fully saturated rings. The van der Waals surface area contributed by atoms with E-state index in [0.717, 1.165) is 53.4 Å². The van der Waals surface area contributed by atoms with Crippen molar-refractivity contribution < 1.29 is 32.5 Å². The zero-order valence-corrected chi connectivity index (χ0v) is 30.7. The van der Waals surface area contributed by atoms with Crippen LogP contribution in [0.1, 0.15) is 48.8 Å². The van der Waals surface area contributed by atoms with Gasteiger partial charge >= 0.3 is 0 Å². The lowest BCUT2D eigenvalue weighted by molar-refractivity contribution is -0.0421. The summed E-state index contributed by atoms with van der Waals surface area (Å²) in [7, 11) is -0.629. The highest BCUT2D eigenvalue weighted by Crippen LogP contribution is 2.41. The maximum Gasteiger partial charge on any atom is 0.243 e. The molecular formula is C38H49N5O7S. The van der Waals surface area contributed by atoms with Gasteiger partial charge in [-0.1, -0.05) is 35.9 Å². The van der Waals surface area contributed by atoms with Crippen molar-refractivity contribution >= 4 is 15.7 Å². The van der Waals surface area contributed by atoms with Gasteiger partial charge in [-0.3, -0.25) is 4.68 Å². The van der Waals surface area contributed by atoms with Crippen molar-refractivity contribution in [2.45, 2.75) is 74.8 Å². The van der Waals surface area contributed by atoms with Crippen molar-refractivity contribution in [1.29, 1.82) is 0 Å². The topological polar surface area (TPSA) is 128 Å². The molecule has 4 aromatic rings. The maximum atomic E-state index is 14.5. The van der Waals surface area contributed by atoms with Crippen LogP contribution in [0.4, 0.5) is 5.69 Å². The Balaban J connectivity index is 1.32. The molecule has 274 valence electrons. The maximum absolute atomic E-state index is 14.5. The van der Waals surface area contributed by atoms with Gasteiger partial charge in [0, 0.05) is 38.8 Å². The van der Waals surface area contributed by atoms with E-state index in [9.17, 15) is 13.5 Å². The van der Waals surface area contributed by atoms with Gasteiger partial charge in [-0.25, -0.2) is 13.4 Å². The van der Waals surface area contributed by atoms with E-state index in [1.54, 1.807) is 56.4 Å². The van der Waals surface area contributed by atoms with Crippen molar-refractivity contribution in [3.63, 3.8) is 0 Å². The predicted octanol–water partition coefficient (Wildman–Crippen LogP) is 4.80. The first-order valence-corrected chi connectivity index (χ1v) is 18.9. The summed E-state index contributed by atoms with van der Waals surface area (Å²) in [5.74, 6) is 1.40. The molecule has 3 heterocycles. The highest BCUT2D eigenvalue weighted by Gasteiger charge is 2.45. The number of aryl methyl sites for hydroxylation is 1. The van der Waals surface area contributed by atoms with Gasteiger partial charge in [0.05, 0.1) is 49.1 Å². The molecule has 2 aliphatic heterocycles. The van der Waals surface area contributed by atoms with Crippen molar-refractivity contribution in [3.8, 4) is 11.5 Å². The minimum absolute atomic E-state index is 0.105. The second-order valence-corrected chi connectivity index (χ2v) is 15.7. The Bertz CT molecular complexity index is 1820. The normalized spacial score (nSPS) is 20.7. The Morgan fingerprint density at radius 1 is 1.06 bits per heavy atom. The number of hydrogen-bond acceptors (Lipinski definition) is 10. The summed E-state index contributed by atoms with van der Waals surface area (Å²) in [6.07, 6.45) is 4.00. The van der Waals surface area contributed by atoms with Crippen LogP contribution in [0.5, 0.6) is 11.5 Å². The summed E-state index contributed by atoms with van der Waals surface area (Å²) < 4.78 is 55.5. The minimum Gasteiger partial charge on any atom is -0.497 e. The number of methoxy groups -OCH3 is 2. The molecule has 6 rings (SSSR count). The third kappa shape index (κ3) is 8.90. The predicted molar refractivity (Wildman–Crippen MR) is 194 cm³/mol. The molecule has 1 N–H and O–H groups in total. The lowest BCUT2D eigenvalue weighted by atomic mass is 9.80. The van der Waals surface area contributed by atoms with Gasteiger partial charge in [-0.15, -0.1) is 0 Å². The number of fused-ring (bicyclic) bond motifs is 1. The fourth-order valence-corrected chi connectivity index (χ4v) is 8.84. The van der Waals surface area contributed by atoms with E-state index in [1.807, 2.05) is 43.3 Å². The average Bonchev–Trinajstić information content (AvgIpc) is 3.63. The van der Waals surface area contributed by atoms with Crippen molar-refractivity contribution in [1.82, 2.24) is 19.1 Å². The number of hydrogen-bond donors (Lipinski definition) is 1. The molecule has 2 aliphatic rings. The number of aromatic nitrogens is 3. The number of anilines is 1. The Kier molecular flexibility index (Phi) is 11.6. The van der Waals surface area contributed by atoms with Gasteiger partial charge in [0.15, 0.2) is 0 Å². The second kappa shape index (κ2) is 16.1. The van der Waals surface area contributed by atoms with E-state index in [2.05, 4.69) is 21.0 Å². The summed E-state index contributed by atoms with van der Waals surface area (Å²) >= 11 is 0. The lowest BCUT2D eigenvalue weighted by Gasteiger charge is -2.45. The molecule has 0 spiro atoms. The van der Waals surface area contributed by atoms with Gasteiger partial charge in [-0.05, 0) is 80.6 Å². The summed E-state index contributed by atoms with van der Waals surface area (Å²) in [5, 5.41) is 15.9. The van der Waals surface area contributed by atoms with Gasteiger partial charge in [0.25, 0.3) is 0 Å². The molecular weight excluding hydrogens is 671 g/mol. The van der Waals surface area contributed by atoms with E-state index in [4.69, 9.17) is 18.9 Å². The summed E-state index contributed by atoms with van der Waals surface area (Å²) in [5.41, 5.74) is 2.69. The van der Waals surface area contributed by atoms with Gasteiger partial charge < -0.3 is 29.0 Å². The molecule has 3 aromatic carbocycles. The molecule has 0 saturated carbocycles. The molecule has 1 unspecified atom stereocenters. The molecule has 13 heteroatoms. The van der Waals surface area contributed by atoms with Crippen LogP contribution >= 0.6 is 0 Å². The largest absolute Gasteiger partial charge is 0.497 e. The molecule has 0 aliphatic carbocycles. The number of sulfonamides is 1. The Labute approximate surface area is 301 Å². The highest BCUT2D eigenvalue weighted by molar-refractivity contribution is 7.89. The van der Waals surface area contributed by atoms with Gasteiger partial charge in [0.2, 0.25) is 10.0 Å². The summed E-state index contributed by atoms with van der Waals surface area (Å²) in [6, 6.07) is 20.3. The summed E-state index contributed by atoms with van der Waals surface area (Å²) in [6.45, 7) is 7.15. The molecule has 1 aromatic heterocycles. The lowest BCUT2D eigenvalue weighted by Crippen LogP contribution is -2.54. The molecule has 0 radical (unpaired) electrons. The second-order valence-electron chi connectivity index (χ2n) is 13.8. The molecule has 4 atom stereocenters. The molecule has 0 bridgehead atoms. The van der Waals surface area contributed by atoms with E-state index in [-0.39, 0.29) is 36.9 Å². The highest BCUT2D eigenvalue weighted by atomic mass is 32.2. The number of nitrogens with zero attached hydrogens (tertiary/aromatic N) is 5. The van der Waals surface area contributed by atoms with Crippen molar-refractivity contribution in [3.05, 3.63) is 96.1 Å². The van der Waals surface area contributed by atoms with Crippen LogP contribution < -0.4 is 14.4 Å². The first-order chi connectivity index (χ1) is 24.6. The Hall–Kier alpha value is -4.01. The van der Waals surface area contributed by atoms with Crippen LogP contribution in [0.25, 0.3) is 0 Å². The third-order valence-electron chi connectivity index (χ3n) is 9.78. The SMILES string of the molecule is COCCCN1CCOc2ccc(CO[C@H]3CN(S(=O)(=O)c4ccc(C)cc4)[C@@H](CC(C)(O)Cn4cncn4)C[C@@H]3c3ccc(OC)cc3)cc21. The fraction of sp³-hybridized carbons (Fsp3) is 0.474. The Morgan fingerprint density at radius 3 is 2.55 bits per heavy atom. The number of ether oxygens (including phenoxy) is 4. The van der Waals surface area contributed by atoms with Crippen molar-refractivity contribution in [2.75, 3.05) is 52.0 Å².